The molecular formula is C29H31ClN6O4S. The number of nitrogen functional groups attached to an aromatic ring is 1. The van der Waals surface area contributed by atoms with Gasteiger partial charge in [0, 0.05) is 52.0 Å². The van der Waals surface area contributed by atoms with Crippen molar-refractivity contribution in [1.82, 2.24) is 19.1 Å². The van der Waals surface area contributed by atoms with E-state index in [0.717, 1.165) is 12.8 Å². The van der Waals surface area contributed by atoms with Crippen LogP contribution in [-0.4, -0.2) is 61.5 Å². The smallest absolute Gasteiger partial charge is 0.316 e. The van der Waals surface area contributed by atoms with Gasteiger partial charge in [-0.15, -0.1) is 4.31 Å². The van der Waals surface area contributed by atoms with E-state index in [1.165, 1.54) is 4.68 Å². The Labute approximate surface area is 245 Å². The molecule has 3 N–H and O–H groups in total. The Hall–Kier alpha value is -3.51. The maximum absolute atomic E-state index is 13.6. The molecule has 1 atom stereocenters. The maximum atomic E-state index is 13.6. The molecule has 214 valence electrons. The van der Waals surface area contributed by atoms with E-state index in [4.69, 9.17) is 22.1 Å². The van der Waals surface area contributed by atoms with Crippen LogP contribution in [0.5, 0.6) is 11.5 Å². The summed E-state index contributed by atoms with van der Waals surface area (Å²) in [6.45, 7) is 4.69. The van der Waals surface area contributed by atoms with Crippen molar-refractivity contribution < 1.29 is 14.4 Å². The Morgan fingerprint density at radius 2 is 1.95 bits per heavy atom. The molecule has 41 heavy (non-hydrogen) atoms. The predicted molar refractivity (Wildman–Crippen MR) is 161 cm³/mol. The zero-order valence-corrected chi connectivity index (χ0v) is 24.2. The van der Waals surface area contributed by atoms with E-state index in [0.29, 0.717) is 65.6 Å². The fraction of sp³-hybridized carbons (Fsp3) is 0.345. The fourth-order valence-corrected chi connectivity index (χ4v) is 6.40. The lowest BCUT2D eigenvalue weighted by atomic mass is 10.1. The van der Waals surface area contributed by atoms with Crippen LogP contribution < -0.4 is 20.9 Å². The Balaban J connectivity index is 1.21. The third-order valence-corrected chi connectivity index (χ3v) is 9.51. The quantitative estimate of drug-likeness (QED) is 0.177. The van der Waals surface area contributed by atoms with Crippen molar-refractivity contribution in [3.8, 4) is 17.2 Å². The summed E-state index contributed by atoms with van der Waals surface area (Å²) in [7, 11) is 0. The Morgan fingerprint density at radius 3 is 2.68 bits per heavy atom. The molecule has 4 aromatic rings. The van der Waals surface area contributed by atoms with Gasteiger partial charge in [0.2, 0.25) is 5.75 Å². The summed E-state index contributed by atoms with van der Waals surface area (Å²) in [5.74, 6) is 0.415. The number of nitrogens with two attached hydrogens (primary N) is 1. The number of hydrogen-bond acceptors (Lipinski definition) is 9. The summed E-state index contributed by atoms with van der Waals surface area (Å²) in [5, 5.41) is 15.9. The van der Waals surface area contributed by atoms with Crippen LogP contribution in [0.2, 0.25) is 5.02 Å². The molecule has 1 aliphatic heterocycles. The van der Waals surface area contributed by atoms with Crippen molar-refractivity contribution in [1.29, 1.82) is 0 Å². The summed E-state index contributed by atoms with van der Waals surface area (Å²) < 4.78 is 22.8. The number of benzene rings is 2. The predicted octanol–water partition coefficient (Wildman–Crippen LogP) is 3.89. The van der Waals surface area contributed by atoms with Gasteiger partial charge in [0.05, 0.1) is 42.8 Å². The number of pyridine rings is 1. The number of ether oxygens (including phenoxy) is 1. The fourth-order valence-electron chi connectivity index (χ4n) is 4.98. The molecule has 2 aliphatic rings. The van der Waals surface area contributed by atoms with Gasteiger partial charge in [-0.3, -0.25) is 9.78 Å². The Kier molecular flexibility index (Phi) is 7.45. The van der Waals surface area contributed by atoms with Crippen molar-refractivity contribution in [2.75, 3.05) is 43.4 Å². The highest BCUT2D eigenvalue weighted by Crippen LogP contribution is 2.45. The third-order valence-electron chi connectivity index (χ3n) is 7.77. The van der Waals surface area contributed by atoms with E-state index < -0.39 is 11.4 Å². The minimum Gasteiger partial charge on any atom is -0.598 e. The van der Waals surface area contributed by atoms with Crippen LogP contribution >= 0.6 is 11.6 Å². The highest BCUT2D eigenvalue weighted by Gasteiger charge is 2.39. The van der Waals surface area contributed by atoms with Crippen molar-refractivity contribution in [3.05, 3.63) is 75.8 Å². The summed E-state index contributed by atoms with van der Waals surface area (Å²) in [4.78, 5) is 20.1. The number of phenols is 1. The molecule has 10 nitrogen and oxygen atoms in total. The van der Waals surface area contributed by atoms with Crippen LogP contribution in [0.3, 0.4) is 0 Å². The van der Waals surface area contributed by atoms with Gasteiger partial charge in [-0.2, -0.15) is 9.78 Å². The Morgan fingerprint density at radius 1 is 1.17 bits per heavy atom. The molecule has 0 radical (unpaired) electrons. The average molecular weight is 595 g/mol. The number of aromatic hydroxyl groups is 1. The molecular weight excluding hydrogens is 564 g/mol. The lowest BCUT2D eigenvalue weighted by Gasteiger charge is -2.36. The molecule has 3 heterocycles. The van der Waals surface area contributed by atoms with Crippen molar-refractivity contribution >= 4 is 45.2 Å². The summed E-state index contributed by atoms with van der Waals surface area (Å²) in [5.41, 5.74) is 8.52. The standard InChI is InChI=1S/C29H31ClN6O4S/c1-29(7-8-29)18-40-27-23(16-33-36(28(27)38)21-5-2-4-20(30)15-21)34-10-12-35(13-11-34)41(39)17-19-14-24(37)25(31)22-6-3-9-32-26(19)22/h2-6,9,14-16,37H,7-8,10-13,17-18,31H2,1H3/t41-/m1/s1. The van der Waals surface area contributed by atoms with Crippen LogP contribution in [0.4, 0.5) is 11.4 Å². The second-order valence-corrected chi connectivity index (χ2v) is 12.8. The van der Waals surface area contributed by atoms with E-state index in [-0.39, 0.29) is 33.9 Å². The van der Waals surface area contributed by atoms with Gasteiger partial charge >= 0.3 is 5.56 Å². The molecule has 0 amide bonds. The van der Waals surface area contributed by atoms with Crippen molar-refractivity contribution in [3.63, 3.8) is 0 Å². The Bertz CT molecular complexity index is 1650. The maximum Gasteiger partial charge on any atom is 0.316 e. The molecule has 0 unspecified atom stereocenters. The second kappa shape index (κ2) is 11.1. The van der Waals surface area contributed by atoms with Gasteiger partial charge in [0.1, 0.15) is 11.4 Å². The number of nitrogens with zero attached hydrogens (tertiary/aromatic N) is 5. The number of anilines is 2. The minimum atomic E-state index is -1.36. The molecule has 2 fully saturated rings. The zero-order chi connectivity index (χ0) is 28.7. The first kappa shape index (κ1) is 27.6. The third kappa shape index (κ3) is 5.67. The highest BCUT2D eigenvalue weighted by molar-refractivity contribution is 7.88. The van der Waals surface area contributed by atoms with Gasteiger partial charge in [0.15, 0.2) is 5.75 Å². The zero-order valence-electron chi connectivity index (χ0n) is 22.6. The number of phenolic OH excluding ortho intramolecular Hbond substituents is 1. The van der Waals surface area contributed by atoms with Crippen molar-refractivity contribution in [2.45, 2.75) is 25.5 Å². The van der Waals surface area contributed by atoms with Crippen LogP contribution in [0.15, 0.2) is 59.7 Å². The summed E-state index contributed by atoms with van der Waals surface area (Å²) in [6, 6.07) is 12.1. The first-order chi connectivity index (χ1) is 19.7. The van der Waals surface area contributed by atoms with Crippen LogP contribution in [0.25, 0.3) is 16.6 Å². The lowest BCUT2D eigenvalue weighted by Crippen LogP contribution is -2.49. The number of hydrogen-bond donors (Lipinski definition) is 2. The molecule has 0 spiro atoms. The number of halogens is 1. The van der Waals surface area contributed by atoms with E-state index in [9.17, 15) is 14.5 Å². The normalized spacial score (nSPS) is 17.5. The van der Waals surface area contributed by atoms with Crippen LogP contribution in [0.1, 0.15) is 25.3 Å². The number of piperazine rings is 1. The lowest BCUT2D eigenvalue weighted by molar-refractivity contribution is 0.242. The van der Waals surface area contributed by atoms with Gasteiger partial charge in [-0.05, 0) is 49.2 Å². The molecule has 2 aromatic carbocycles. The first-order valence-electron chi connectivity index (χ1n) is 13.5. The molecule has 12 heteroatoms. The largest absolute Gasteiger partial charge is 0.598 e. The summed E-state index contributed by atoms with van der Waals surface area (Å²) >= 11 is 4.81. The number of aromatic nitrogens is 3. The van der Waals surface area contributed by atoms with Crippen molar-refractivity contribution in [2.24, 2.45) is 5.41 Å². The first-order valence-corrected chi connectivity index (χ1v) is 15.1. The van der Waals surface area contributed by atoms with E-state index in [2.05, 4.69) is 21.9 Å². The SMILES string of the molecule is CC1(COc2c(N3CCN([S@+]([O-])Cc4cc(O)c(N)c5cccnc45)CC3)cnn(-c3cccc(Cl)c3)c2=O)CC1. The van der Waals surface area contributed by atoms with Crippen LogP contribution in [0, 0.1) is 5.41 Å². The monoisotopic (exact) mass is 594 g/mol. The number of fused-ring (bicyclic) bond motifs is 1. The van der Waals surface area contributed by atoms with Gasteiger partial charge in [0.25, 0.3) is 0 Å². The molecule has 2 aromatic heterocycles. The number of rotatable bonds is 8. The molecule has 1 saturated carbocycles. The molecule has 6 rings (SSSR count). The van der Waals surface area contributed by atoms with Gasteiger partial charge in [-0.1, -0.05) is 24.6 Å². The van der Waals surface area contributed by atoms with Gasteiger partial charge in [-0.25, -0.2) is 0 Å². The van der Waals surface area contributed by atoms with E-state index in [1.807, 2.05) is 4.31 Å². The molecule has 1 saturated heterocycles. The average Bonchev–Trinajstić information content (AvgIpc) is 3.72. The summed E-state index contributed by atoms with van der Waals surface area (Å²) in [6.07, 6.45) is 5.45. The molecule has 0 bridgehead atoms. The minimum absolute atomic E-state index is 0.0464. The van der Waals surface area contributed by atoms with E-state index >= 15 is 0 Å². The van der Waals surface area contributed by atoms with Gasteiger partial charge < -0.3 is 25.0 Å². The second-order valence-electron chi connectivity index (χ2n) is 10.9. The van der Waals surface area contributed by atoms with E-state index in [1.54, 1.807) is 54.9 Å². The highest BCUT2D eigenvalue weighted by atomic mass is 35.5. The topological polar surface area (TPSA) is 133 Å². The van der Waals surface area contributed by atoms with Crippen LogP contribution in [-0.2, 0) is 17.1 Å². The molecule has 1 aliphatic carbocycles.